The number of nitrogens with zero attached hydrogens (tertiary/aromatic N) is 2. The molecule has 1 amide bonds. The molecular formula is C21H22FN3O3. The zero-order valence-corrected chi connectivity index (χ0v) is 15.7. The van der Waals surface area contributed by atoms with E-state index in [0.29, 0.717) is 29.8 Å². The fraction of sp³-hybridized carbons (Fsp3) is 0.333. The summed E-state index contributed by atoms with van der Waals surface area (Å²) in [6.45, 7) is 0. The molecule has 1 saturated carbocycles. The first kappa shape index (κ1) is 18.4. The number of pyridine rings is 1. The molecular weight excluding hydrogens is 361 g/mol. The Labute approximate surface area is 162 Å². The van der Waals surface area contributed by atoms with Crippen LogP contribution in [-0.2, 0) is 7.05 Å². The minimum absolute atomic E-state index is 0.126. The number of aryl methyl sites for hydroxylation is 1. The van der Waals surface area contributed by atoms with Crippen molar-refractivity contribution >= 4 is 16.8 Å². The molecule has 0 spiro atoms. The number of fused-ring (bicyclic) bond motifs is 1. The molecule has 6 nitrogen and oxygen atoms in total. The molecule has 1 fully saturated rings. The van der Waals surface area contributed by atoms with Gasteiger partial charge < -0.3 is 19.7 Å². The summed E-state index contributed by atoms with van der Waals surface area (Å²) < 4.78 is 20.4. The van der Waals surface area contributed by atoms with E-state index in [2.05, 4.69) is 10.3 Å². The van der Waals surface area contributed by atoms with Gasteiger partial charge in [0, 0.05) is 30.2 Å². The molecule has 2 aromatic heterocycles. The third kappa shape index (κ3) is 3.33. The van der Waals surface area contributed by atoms with E-state index in [1.54, 1.807) is 43.1 Å². The second-order valence-electron chi connectivity index (χ2n) is 7.26. The van der Waals surface area contributed by atoms with Crippen LogP contribution >= 0.6 is 0 Å². The third-order valence-electron chi connectivity index (χ3n) is 5.47. The second kappa shape index (κ2) is 7.24. The van der Waals surface area contributed by atoms with Gasteiger partial charge in [0.15, 0.2) is 0 Å². The van der Waals surface area contributed by atoms with Gasteiger partial charge in [-0.2, -0.15) is 0 Å². The highest BCUT2D eigenvalue weighted by molar-refractivity contribution is 5.98. The van der Waals surface area contributed by atoms with E-state index < -0.39 is 0 Å². The number of methoxy groups -OCH3 is 1. The normalized spacial score (nSPS) is 19.9. The van der Waals surface area contributed by atoms with Crippen molar-refractivity contribution < 1.29 is 19.0 Å². The molecule has 1 aliphatic carbocycles. The number of aliphatic hydroxyl groups excluding tert-OH is 1. The number of carbonyl (C=O) groups is 1. The van der Waals surface area contributed by atoms with Crippen LogP contribution in [0.1, 0.15) is 34.9 Å². The summed E-state index contributed by atoms with van der Waals surface area (Å²) in [4.78, 5) is 17.3. The summed E-state index contributed by atoms with van der Waals surface area (Å²) in [5.41, 5.74) is 2.09. The number of nitrogens with one attached hydrogen (secondary N) is 1. The van der Waals surface area contributed by atoms with Crippen LogP contribution in [-0.4, -0.2) is 33.8 Å². The topological polar surface area (TPSA) is 76.4 Å². The average Bonchev–Trinajstić information content (AvgIpc) is 2.99. The number of rotatable bonds is 5. The molecule has 7 heteroatoms. The van der Waals surface area contributed by atoms with Crippen LogP contribution in [0.5, 0.6) is 5.88 Å². The van der Waals surface area contributed by atoms with Crippen LogP contribution < -0.4 is 10.1 Å². The molecule has 1 aromatic carbocycles. The van der Waals surface area contributed by atoms with Crippen LogP contribution in [0.25, 0.3) is 10.9 Å². The van der Waals surface area contributed by atoms with Crippen LogP contribution in [0.2, 0.25) is 0 Å². The summed E-state index contributed by atoms with van der Waals surface area (Å²) in [6, 6.07) is 9.50. The number of halogens is 1. The Balaban J connectivity index is 1.62. The maximum Gasteiger partial charge on any atom is 0.268 e. The van der Waals surface area contributed by atoms with E-state index in [1.807, 2.05) is 6.07 Å². The van der Waals surface area contributed by atoms with Gasteiger partial charge in [0.05, 0.1) is 19.3 Å². The Morgan fingerprint density at radius 2 is 2.11 bits per heavy atom. The van der Waals surface area contributed by atoms with E-state index in [0.717, 1.165) is 11.1 Å². The van der Waals surface area contributed by atoms with Crippen molar-refractivity contribution in [2.45, 2.75) is 25.0 Å². The number of carbonyl (C=O) groups excluding carboxylic acids is 1. The third-order valence-corrected chi connectivity index (χ3v) is 5.47. The molecule has 0 radical (unpaired) electrons. The minimum Gasteiger partial charge on any atom is -0.481 e. The minimum atomic E-state index is -0.337. The lowest BCUT2D eigenvalue weighted by atomic mass is 9.75. The summed E-state index contributed by atoms with van der Waals surface area (Å²) >= 11 is 0. The largest absolute Gasteiger partial charge is 0.481 e. The van der Waals surface area contributed by atoms with Crippen LogP contribution in [0, 0.1) is 11.7 Å². The number of benzene rings is 1. The molecule has 4 rings (SSSR count). The second-order valence-corrected chi connectivity index (χ2v) is 7.26. The molecule has 0 unspecified atom stereocenters. The van der Waals surface area contributed by atoms with Crippen LogP contribution in [0.4, 0.5) is 4.39 Å². The number of aromatic nitrogens is 2. The van der Waals surface area contributed by atoms with E-state index in [-0.39, 0.29) is 29.8 Å². The van der Waals surface area contributed by atoms with Gasteiger partial charge in [-0.05, 0) is 48.6 Å². The molecule has 2 heterocycles. The van der Waals surface area contributed by atoms with Crippen LogP contribution in [0.3, 0.4) is 0 Å². The molecule has 146 valence electrons. The molecule has 28 heavy (non-hydrogen) atoms. The average molecular weight is 383 g/mol. The molecule has 0 bridgehead atoms. The van der Waals surface area contributed by atoms with Crippen molar-refractivity contribution in [2.24, 2.45) is 13.0 Å². The molecule has 0 saturated heterocycles. The van der Waals surface area contributed by atoms with Gasteiger partial charge in [-0.1, -0.05) is 6.07 Å². The molecule has 1 aliphatic rings. The van der Waals surface area contributed by atoms with Gasteiger partial charge in [-0.15, -0.1) is 0 Å². The van der Waals surface area contributed by atoms with Gasteiger partial charge in [0.1, 0.15) is 11.5 Å². The van der Waals surface area contributed by atoms with Gasteiger partial charge >= 0.3 is 0 Å². The first-order chi connectivity index (χ1) is 13.5. The monoisotopic (exact) mass is 383 g/mol. The van der Waals surface area contributed by atoms with Gasteiger partial charge in [0.25, 0.3) is 5.91 Å². The highest BCUT2D eigenvalue weighted by atomic mass is 19.1. The van der Waals surface area contributed by atoms with E-state index >= 15 is 0 Å². The summed E-state index contributed by atoms with van der Waals surface area (Å²) in [5.74, 6) is 0.0384. The lowest BCUT2D eigenvalue weighted by Crippen LogP contribution is -2.41. The maximum absolute atomic E-state index is 13.5. The number of hydrogen-bond donors (Lipinski definition) is 2. The molecule has 0 aliphatic heterocycles. The van der Waals surface area contributed by atoms with E-state index in [1.165, 1.54) is 12.1 Å². The highest BCUT2D eigenvalue weighted by Gasteiger charge is 2.36. The standard InChI is InChI=1S/C21H22FN3O3/c1-25-17-5-4-15(22)7-13(17)10-18(25)21(27)24-20(14-8-16(26)9-14)12-3-6-19(28-2)23-11-12/h3-7,10-11,14,16,20,26H,8-9H2,1-2H3,(H,24,27)/t14?,16?,20-/m1/s1. The SMILES string of the molecule is COc1ccc([C@@H](NC(=O)c2cc3cc(F)ccc3n2C)C2CC(O)C2)cn1. The zero-order valence-electron chi connectivity index (χ0n) is 15.7. The molecule has 3 aromatic rings. The maximum atomic E-state index is 13.5. The van der Waals surface area contributed by atoms with E-state index in [4.69, 9.17) is 4.74 Å². The first-order valence-electron chi connectivity index (χ1n) is 9.20. The number of aliphatic hydroxyl groups is 1. The lowest BCUT2D eigenvalue weighted by molar-refractivity contribution is 0.0233. The number of hydrogen-bond acceptors (Lipinski definition) is 4. The fourth-order valence-corrected chi connectivity index (χ4v) is 3.83. The smallest absolute Gasteiger partial charge is 0.268 e. The Morgan fingerprint density at radius 3 is 2.75 bits per heavy atom. The van der Waals surface area contributed by atoms with E-state index in [9.17, 15) is 14.3 Å². The quantitative estimate of drug-likeness (QED) is 0.710. The Bertz CT molecular complexity index is 1010. The van der Waals surface area contributed by atoms with Gasteiger partial charge in [-0.3, -0.25) is 4.79 Å². The summed E-state index contributed by atoms with van der Waals surface area (Å²) in [5, 5.41) is 13.5. The molecule has 1 atom stereocenters. The number of ether oxygens (including phenoxy) is 1. The van der Waals surface area contributed by atoms with Crippen molar-refractivity contribution in [1.29, 1.82) is 0 Å². The summed E-state index contributed by atoms with van der Waals surface area (Å²) in [7, 11) is 3.33. The van der Waals surface area contributed by atoms with Crippen molar-refractivity contribution in [3.8, 4) is 5.88 Å². The van der Waals surface area contributed by atoms with Crippen molar-refractivity contribution in [3.05, 3.63) is 59.7 Å². The number of amides is 1. The predicted molar refractivity (Wildman–Crippen MR) is 103 cm³/mol. The Kier molecular flexibility index (Phi) is 4.77. The van der Waals surface area contributed by atoms with Crippen molar-refractivity contribution in [3.63, 3.8) is 0 Å². The highest BCUT2D eigenvalue weighted by Crippen LogP contribution is 2.38. The van der Waals surface area contributed by atoms with Crippen molar-refractivity contribution in [2.75, 3.05) is 7.11 Å². The Hall–Kier alpha value is -2.93. The lowest BCUT2D eigenvalue weighted by Gasteiger charge is -2.38. The van der Waals surface area contributed by atoms with Gasteiger partial charge in [-0.25, -0.2) is 9.37 Å². The fourth-order valence-electron chi connectivity index (χ4n) is 3.83. The van der Waals surface area contributed by atoms with Gasteiger partial charge in [0.2, 0.25) is 5.88 Å². The van der Waals surface area contributed by atoms with Crippen molar-refractivity contribution in [1.82, 2.24) is 14.9 Å². The molecule has 2 N–H and O–H groups in total. The predicted octanol–water partition coefficient (Wildman–Crippen LogP) is 2.96. The Morgan fingerprint density at radius 1 is 1.32 bits per heavy atom. The first-order valence-corrected chi connectivity index (χ1v) is 9.20. The summed E-state index contributed by atoms with van der Waals surface area (Å²) in [6.07, 6.45) is 2.59. The zero-order chi connectivity index (χ0) is 19.8. The van der Waals surface area contributed by atoms with Crippen LogP contribution in [0.15, 0.2) is 42.6 Å².